The summed E-state index contributed by atoms with van der Waals surface area (Å²) in [5.41, 5.74) is 2.06. The molecule has 0 fully saturated rings. The minimum absolute atomic E-state index is 0. The Labute approximate surface area is 84.7 Å². The molecule has 0 saturated carbocycles. The van der Waals surface area contributed by atoms with Crippen LogP contribution in [0.15, 0.2) is 18.2 Å². The molecule has 3 heteroatoms. The van der Waals surface area contributed by atoms with Crippen LogP contribution in [0.1, 0.15) is 21.5 Å². The van der Waals surface area contributed by atoms with Gasteiger partial charge in [-0.05, 0) is 25.0 Å². The minimum atomic E-state index is -0.847. The molecule has 0 atom stereocenters. The molecule has 0 aliphatic carbocycles. The Kier molecular flexibility index (Phi) is 4.13. The SMILES string of the molecule is Cc1cccc(C)c1C(=O)O.[GaH3]. The van der Waals surface area contributed by atoms with Crippen molar-refractivity contribution in [1.82, 2.24) is 0 Å². The Hall–Kier alpha value is -0.674. The molecule has 64 valence electrons. The van der Waals surface area contributed by atoms with E-state index in [4.69, 9.17) is 5.11 Å². The Morgan fingerprint density at radius 2 is 1.67 bits per heavy atom. The number of hydrogen-bond donors (Lipinski definition) is 1. The summed E-state index contributed by atoms with van der Waals surface area (Å²) >= 11 is 0. The number of carbonyl (C=O) groups is 1. The fourth-order valence-electron chi connectivity index (χ4n) is 1.15. The van der Waals surface area contributed by atoms with Gasteiger partial charge in [-0.2, -0.15) is 0 Å². The van der Waals surface area contributed by atoms with Crippen LogP contribution in [0.3, 0.4) is 0 Å². The molecular weight excluding hydrogens is 210 g/mol. The van der Waals surface area contributed by atoms with Gasteiger partial charge >= 0.3 is 25.8 Å². The summed E-state index contributed by atoms with van der Waals surface area (Å²) in [7, 11) is 0. The van der Waals surface area contributed by atoms with Crippen LogP contribution in [0.5, 0.6) is 0 Å². The Morgan fingerprint density at radius 3 is 1.92 bits per heavy atom. The molecule has 12 heavy (non-hydrogen) atoms. The van der Waals surface area contributed by atoms with E-state index in [2.05, 4.69) is 0 Å². The van der Waals surface area contributed by atoms with Crippen molar-refractivity contribution in [3.05, 3.63) is 34.9 Å². The molecule has 0 radical (unpaired) electrons. The average molecular weight is 223 g/mol. The van der Waals surface area contributed by atoms with Crippen LogP contribution in [0.2, 0.25) is 0 Å². The molecule has 1 aromatic carbocycles. The Balaban J connectivity index is 0.00000121. The predicted octanol–water partition coefficient (Wildman–Crippen LogP) is 0.818. The van der Waals surface area contributed by atoms with Gasteiger partial charge in [-0.3, -0.25) is 0 Å². The van der Waals surface area contributed by atoms with Crippen molar-refractivity contribution in [3.8, 4) is 0 Å². The third kappa shape index (κ3) is 2.15. The van der Waals surface area contributed by atoms with Crippen LogP contribution in [-0.2, 0) is 0 Å². The standard InChI is InChI=1S/C9H10O2.Ga.3H/c1-6-4-3-5-7(2)8(6)9(10)11;;;;/h3-5H,1-2H3,(H,10,11);;;;. The molecule has 1 rings (SSSR count). The van der Waals surface area contributed by atoms with E-state index in [-0.39, 0.29) is 19.8 Å². The fraction of sp³-hybridized carbons (Fsp3) is 0.222. The summed E-state index contributed by atoms with van der Waals surface area (Å²) in [5, 5.41) is 8.75. The zero-order chi connectivity index (χ0) is 8.43. The van der Waals surface area contributed by atoms with Gasteiger partial charge in [0.05, 0.1) is 5.56 Å². The van der Waals surface area contributed by atoms with Crippen molar-refractivity contribution < 1.29 is 9.90 Å². The second-order valence-corrected chi connectivity index (χ2v) is 2.57. The van der Waals surface area contributed by atoms with Crippen LogP contribution in [0.25, 0.3) is 0 Å². The van der Waals surface area contributed by atoms with Crippen LogP contribution in [-0.4, -0.2) is 30.9 Å². The molecule has 0 heterocycles. The van der Waals surface area contributed by atoms with Gasteiger partial charge in [-0.25, -0.2) is 4.79 Å². The van der Waals surface area contributed by atoms with Crippen molar-refractivity contribution in [3.63, 3.8) is 0 Å². The molecular formula is C9H13GaO2. The molecule has 0 aliphatic rings. The number of carboxylic acid groups (broad SMARTS) is 1. The maximum absolute atomic E-state index is 10.6. The normalized spacial score (nSPS) is 8.83. The maximum atomic E-state index is 10.6. The third-order valence-corrected chi connectivity index (χ3v) is 1.69. The van der Waals surface area contributed by atoms with Crippen LogP contribution < -0.4 is 0 Å². The van der Waals surface area contributed by atoms with Gasteiger partial charge in [0, 0.05) is 0 Å². The summed E-state index contributed by atoms with van der Waals surface area (Å²) in [5.74, 6) is -0.847. The zero-order valence-corrected chi connectivity index (χ0v) is 6.59. The van der Waals surface area contributed by atoms with Gasteiger partial charge in [0.15, 0.2) is 0 Å². The Bertz CT molecular complexity index is 274. The topological polar surface area (TPSA) is 37.3 Å². The zero-order valence-electron chi connectivity index (χ0n) is 6.59. The number of benzene rings is 1. The van der Waals surface area contributed by atoms with E-state index in [0.717, 1.165) is 11.1 Å². The van der Waals surface area contributed by atoms with E-state index in [0.29, 0.717) is 5.56 Å². The molecule has 1 N–H and O–H groups in total. The molecule has 0 spiro atoms. The quantitative estimate of drug-likeness (QED) is 0.715. The first kappa shape index (κ1) is 11.3. The summed E-state index contributed by atoms with van der Waals surface area (Å²) in [6.07, 6.45) is 0. The average Bonchev–Trinajstić information content (AvgIpc) is 1.85. The number of aromatic carboxylic acids is 1. The molecule has 0 saturated heterocycles. The molecule has 0 amide bonds. The number of carboxylic acids is 1. The van der Waals surface area contributed by atoms with E-state index in [1.807, 2.05) is 6.07 Å². The summed E-state index contributed by atoms with van der Waals surface area (Å²) in [6, 6.07) is 5.46. The monoisotopic (exact) mass is 222 g/mol. The van der Waals surface area contributed by atoms with Crippen LogP contribution >= 0.6 is 0 Å². The number of aryl methyl sites for hydroxylation is 2. The van der Waals surface area contributed by atoms with Gasteiger partial charge in [0.25, 0.3) is 0 Å². The van der Waals surface area contributed by atoms with E-state index >= 15 is 0 Å². The van der Waals surface area contributed by atoms with Gasteiger partial charge in [-0.1, -0.05) is 18.2 Å². The van der Waals surface area contributed by atoms with E-state index in [1.165, 1.54) is 0 Å². The van der Waals surface area contributed by atoms with E-state index < -0.39 is 5.97 Å². The fourth-order valence-corrected chi connectivity index (χ4v) is 1.15. The molecule has 0 bridgehead atoms. The Morgan fingerprint density at radius 1 is 1.25 bits per heavy atom. The molecule has 0 unspecified atom stereocenters. The van der Waals surface area contributed by atoms with Crippen molar-refractivity contribution in [2.24, 2.45) is 0 Å². The molecule has 2 nitrogen and oxygen atoms in total. The molecule has 1 aromatic rings. The summed E-state index contributed by atoms with van der Waals surface area (Å²) in [6.45, 7) is 3.60. The van der Waals surface area contributed by atoms with Crippen molar-refractivity contribution in [2.45, 2.75) is 13.8 Å². The first-order valence-electron chi connectivity index (χ1n) is 3.42. The third-order valence-electron chi connectivity index (χ3n) is 1.69. The van der Waals surface area contributed by atoms with Crippen LogP contribution in [0, 0.1) is 13.8 Å². The summed E-state index contributed by atoms with van der Waals surface area (Å²) in [4.78, 5) is 10.6. The van der Waals surface area contributed by atoms with Crippen LogP contribution in [0.4, 0.5) is 0 Å². The molecule has 0 aromatic heterocycles. The van der Waals surface area contributed by atoms with Gasteiger partial charge in [0.2, 0.25) is 0 Å². The van der Waals surface area contributed by atoms with Crippen molar-refractivity contribution in [1.29, 1.82) is 0 Å². The number of rotatable bonds is 1. The number of hydrogen-bond acceptors (Lipinski definition) is 1. The van der Waals surface area contributed by atoms with Gasteiger partial charge in [0.1, 0.15) is 0 Å². The molecule has 0 aliphatic heterocycles. The second-order valence-electron chi connectivity index (χ2n) is 2.57. The van der Waals surface area contributed by atoms with E-state index in [9.17, 15) is 4.79 Å². The second kappa shape index (κ2) is 4.38. The predicted molar refractivity (Wildman–Crippen MR) is 52.8 cm³/mol. The summed E-state index contributed by atoms with van der Waals surface area (Å²) < 4.78 is 0. The van der Waals surface area contributed by atoms with Crippen molar-refractivity contribution in [2.75, 3.05) is 0 Å². The first-order chi connectivity index (χ1) is 5.13. The van der Waals surface area contributed by atoms with Crippen molar-refractivity contribution >= 4 is 25.8 Å². The van der Waals surface area contributed by atoms with Gasteiger partial charge in [-0.15, -0.1) is 0 Å². The van der Waals surface area contributed by atoms with E-state index in [1.54, 1.807) is 26.0 Å². The first-order valence-corrected chi connectivity index (χ1v) is 3.42. The van der Waals surface area contributed by atoms with Gasteiger partial charge < -0.3 is 5.11 Å².